The number of nitrogens with one attached hydrogen (secondary N) is 1. The lowest BCUT2D eigenvalue weighted by Gasteiger charge is -2.29. The molecule has 0 aliphatic carbocycles. The fraction of sp³-hybridized carbons (Fsp3) is 0.208. The summed E-state index contributed by atoms with van der Waals surface area (Å²) in [4.78, 5) is 31.0. The Balaban J connectivity index is 1.55. The molecular formula is C24H20F3N3O2. The minimum Gasteiger partial charge on any atom is -0.332 e. The zero-order chi connectivity index (χ0) is 22.8. The van der Waals surface area contributed by atoms with Crippen LogP contribution in [0.25, 0.3) is 0 Å². The molecule has 1 N–H and O–H groups in total. The van der Waals surface area contributed by atoms with Crippen LogP contribution in [0.4, 0.5) is 19.0 Å². The highest BCUT2D eigenvalue weighted by Crippen LogP contribution is 2.41. The van der Waals surface area contributed by atoms with Crippen molar-refractivity contribution in [3.8, 4) is 0 Å². The van der Waals surface area contributed by atoms with E-state index >= 15 is 0 Å². The zero-order valence-electron chi connectivity index (χ0n) is 17.0. The molecule has 1 aliphatic rings. The molecule has 2 heterocycles. The number of benzene rings is 2. The molecule has 2 aromatic carbocycles. The Morgan fingerprint density at radius 3 is 2.09 bits per heavy atom. The van der Waals surface area contributed by atoms with E-state index in [4.69, 9.17) is 0 Å². The molecule has 32 heavy (non-hydrogen) atoms. The number of nitrogens with zero attached hydrogens (tertiary/aromatic N) is 2. The first-order valence-electron chi connectivity index (χ1n) is 10.1. The van der Waals surface area contributed by atoms with Crippen LogP contribution in [0.3, 0.4) is 0 Å². The maximum Gasteiger partial charge on any atom is 0.433 e. The van der Waals surface area contributed by atoms with Gasteiger partial charge in [0.1, 0.15) is 16.9 Å². The predicted molar refractivity (Wildman–Crippen MR) is 113 cm³/mol. The van der Waals surface area contributed by atoms with Crippen LogP contribution in [-0.4, -0.2) is 34.8 Å². The second-order valence-corrected chi connectivity index (χ2v) is 7.57. The molecule has 5 nitrogen and oxygen atoms in total. The van der Waals surface area contributed by atoms with Gasteiger partial charge in [0.05, 0.1) is 6.54 Å². The largest absolute Gasteiger partial charge is 0.433 e. The van der Waals surface area contributed by atoms with Crippen LogP contribution in [0.5, 0.6) is 0 Å². The second-order valence-electron chi connectivity index (χ2n) is 7.57. The van der Waals surface area contributed by atoms with E-state index < -0.39 is 23.2 Å². The quantitative estimate of drug-likeness (QED) is 0.646. The van der Waals surface area contributed by atoms with Crippen LogP contribution >= 0.6 is 0 Å². The minimum absolute atomic E-state index is 0.214. The Bertz CT molecular complexity index is 1080. The number of carbonyl (C=O) groups is 2. The molecule has 8 heteroatoms. The topological polar surface area (TPSA) is 62.3 Å². The summed E-state index contributed by atoms with van der Waals surface area (Å²) in [6, 6.07) is 22.0. The molecule has 2 amide bonds. The van der Waals surface area contributed by atoms with Gasteiger partial charge in [-0.15, -0.1) is 0 Å². The maximum atomic E-state index is 13.6. The normalized spacial score (nSPS) is 15.6. The van der Waals surface area contributed by atoms with Crippen molar-refractivity contribution < 1.29 is 22.8 Å². The summed E-state index contributed by atoms with van der Waals surface area (Å²) >= 11 is 0. The van der Waals surface area contributed by atoms with Gasteiger partial charge in [0.25, 0.3) is 0 Å². The molecule has 164 valence electrons. The van der Waals surface area contributed by atoms with E-state index in [1.807, 2.05) is 60.7 Å². The molecule has 0 spiro atoms. The van der Waals surface area contributed by atoms with Crippen LogP contribution in [0.1, 0.15) is 23.2 Å². The standard InChI is InChI=1S/C24H20F3N3O2/c25-24(26,27)19-12-7-13-20(28-19)29-21(31)16-30-15-14-23(22(30)32,17-8-3-1-4-9-17)18-10-5-2-6-11-18/h1-13H,14-16H2,(H,28,29,31). The predicted octanol–water partition coefficient (Wildman–Crippen LogP) is 4.26. The third kappa shape index (κ3) is 4.08. The summed E-state index contributed by atoms with van der Waals surface area (Å²) < 4.78 is 38.6. The Morgan fingerprint density at radius 2 is 1.53 bits per heavy atom. The number of anilines is 1. The molecule has 0 bridgehead atoms. The molecule has 0 unspecified atom stereocenters. The smallest absolute Gasteiger partial charge is 0.332 e. The third-order valence-electron chi connectivity index (χ3n) is 5.58. The van der Waals surface area contributed by atoms with Gasteiger partial charge in [0, 0.05) is 6.54 Å². The second kappa shape index (κ2) is 8.45. The van der Waals surface area contributed by atoms with Gasteiger partial charge in [-0.1, -0.05) is 66.7 Å². The average Bonchev–Trinajstić information content (AvgIpc) is 3.11. The summed E-state index contributed by atoms with van der Waals surface area (Å²) in [6.07, 6.45) is -4.13. The molecule has 4 rings (SSSR count). The van der Waals surface area contributed by atoms with E-state index in [1.165, 1.54) is 17.0 Å². The molecule has 0 atom stereocenters. The van der Waals surface area contributed by atoms with Crippen LogP contribution in [0, 0.1) is 0 Å². The monoisotopic (exact) mass is 439 g/mol. The number of likely N-dealkylation sites (tertiary alicyclic amines) is 1. The van der Waals surface area contributed by atoms with Crippen molar-refractivity contribution in [2.45, 2.75) is 18.0 Å². The average molecular weight is 439 g/mol. The fourth-order valence-electron chi connectivity index (χ4n) is 4.10. The van der Waals surface area contributed by atoms with Gasteiger partial charge in [-0.3, -0.25) is 9.59 Å². The summed E-state index contributed by atoms with van der Waals surface area (Å²) in [6.45, 7) is 0.0598. The highest BCUT2D eigenvalue weighted by molar-refractivity contribution is 5.99. The van der Waals surface area contributed by atoms with Crippen molar-refractivity contribution in [1.29, 1.82) is 0 Å². The van der Waals surface area contributed by atoms with Crippen molar-refractivity contribution in [2.75, 3.05) is 18.4 Å². The van der Waals surface area contributed by atoms with Gasteiger partial charge >= 0.3 is 6.18 Å². The van der Waals surface area contributed by atoms with Crippen LogP contribution in [0.2, 0.25) is 0 Å². The Kier molecular flexibility index (Phi) is 5.69. The molecule has 1 saturated heterocycles. The molecule has 1 aromatic heterocycles. The molecular weight excluding hydrogens is 419 g/mol. The van der Waals surface area contributed by atoms with E-state index in [0.29, 0.717) is 13.0 Å². The van der Waals surface area contributed by atoms with Crippen molar-refractivity contribution in [1.82, 2.24) is 9.88 Å². The van der Waals surface area contributed by atoms with E-state index in [-0.39, 0.29) is 18.3 Å². The number of hydrogen-bond donors (Lipinski definition) is 1. The van der Waals surface area contributed by atoms with E-state index in [1.54, 1.807) is 0 Å². The van der Waals surface area contributed by atoms with E-state index in [0.717, 1.165) is 17.2 Å². The minimum atomic E-state index is -4.61. The van der Waals surface area contributed by atoms with E-state index in [9.17, 15) is 22.8 Å². The summed E-state index contributed by atoms with van der Waals surface area (Å²) in [5.74, 6) is -1.04. The number of rotatable bonds is 5. The first-order valence-corrected chi connectivity index (χ1v) is 10.1. The van der Waals surface area contributed by atoms with Gasteiger partial charge < -0.3 is 10.2 Å². The lowest BCUT2D eigenvalue weighted by molar-refractivity contribution is -0.141. The Hall–Kier alpha value is -3.68. The van der Waals surface area contributed by atoms with Gasteiger partial charge in [0.2, 0.25) is 11.8 Å². The summed E-state index contributed by atoms with van der Waals surface area (Å²) in [7, 11) is 0. The molecule has 1 fully saturated rings. The van der Waals surface area contributed by atoms with Gasteiger partial charge in [-0.05, 0) is 29.7 Å². The van der Waals surface area contributed by atoms with Gasteiger partial charge in [-0.2, -0.15) is 13.2 Å². The summed E-state index contributed by atoms with van der Waals surface area (Å²) in [5.41, 5.74) is -0.353. The lowest BCUT2D eigenvalue weighted by atomic mass is 9.73. The molecule has 0 saturated carbocycles. The van der Waals surface area contributed by atoms with Gasteiger partial charge in [0.15, 0.2) is 0 Å². The number of alkyl halides is 3. The number of halogens is 3. The van der Waals surface area contributed by atoms with Crippen LogP contribution in [0.15, 0.2) is 78.9 Å². The molecule has 0 radical (unpaired) electrons. The zero-order valence-corrected chi connectivity index (χ0v) is 17.0. The van der Waals surface area contributed by atoms with Crippen molar-refractivity contribution in [3.63, 3.8) is 0 Å². The lowest BCUT2D eigenvalue weighted by Crippen LogP contribution is -2.42. The fourth-order valence-corrected chi connectivity index (χ4v) is 4.10. The summed E-state index contributed by atoms with van der Waals surface area (Å²) in [5, 5.41) is 2.36. The Morgan fingerprint density at radius 1 is 0.938 bits per heavy atom. The number of pyridine rings is 1. The van der Waals surface area contributed by atoms with Crippen molar-refractivity contribution >= 4 is 17.6 Å². The van der Waals surface area contributed by atoms with Crippen molar-refractivity contribution in [2.24, 2.45) is 0 Å². The Labute approximate surface area is 182 Å². The number of hydrogen-bond acceptors (Lipinski definition) is 3. The van der Waals surface area contributed by atoms with Crippen LogP contribution < -0.4 is 5.32 Å². The molecule has 3 aromatic rings. The van der Waals surface area contributed by atoms with E-state index in [2.05, 4.69) is 10.3 Å². The third-order valence-corrected chi connectivity index (χ3v) is 5.58. The maximum absolute atomic E-state index is 13.6. The highest BCUT2D eigenvalue weighted by atomic mass is 19.4. The van der Waals surface area contributed by atoms with Crippen molar-refractivity contribution in [3.05, 3.63) is 95.7 Å². The van der Waals surface area contributed by atoms with Crippen LogP contribution in [-0.2, 0) is 21.2 Å². The molecule has 1 aliphatic heterocycles. The number of aromatic nitrogens is 1. The first-order chi connectivity index (χ1) is 15.3. The SMILES string of the molecule is O=C(CN1CCC(c2ccccc2)(c2ccccc2)C1=O)Nc1cccc(C(F)(F)F)n1. The highest BCUT2D eigenvalue weighted by Gasteiger charge is 2.49. The van der Waals surface area contributed by atoms with Gasteiger partial charge in [-0.25, -0.2) is 4.98 Å². The number of amides is 2. The first kappa shape index (κ1) is 21.5. The number of carbonyl (C=O) groups excluding carboxylic acids is 2.